The third kappa shape index (κ3) is 4.62. The number of hydrogen-bond donors (Lipinski definition) is 2. The van der Waals surface area contributed by atoms with Crippen molar-refractivity contribution in [1.29, 1.82) is 0 Å². The number of para-hydroxylation sites is 1. The van der Waals surface area contributed by atoms with E-state index in [4.69, 9.17) is 4.74 Å². The number of rotatable bonds is 4. The van der Waals surface area contributed by atoms with Gasteiger partial charge in [-0.2, -0.15) is 0 Å². The lowest BCUT2D eigenvalue weighted by molar-refractivity contribution is 0.0511. The molecule has 22 heavy (non-hydrogen) atoms. The maximum Gasteiger partial charge on any atom is 0.407 e. The zero-order valence-electron chi connectivity index (χ0n) is 13.5. The fourth-order valence-corrected chi connectivity index (χ4v) is 2.07. The predicted octanol–water partition coefficient (Wildman–Crippen LogP) is 3.56. The molecule has 0 aliphatic rings. The van der Waals surface area contributed by atoms with E-state index < -0.39 is 11.7 Å². The highest BCUT2D eigenvalue weighted by Gasteiger charge is 2.17. The number of nitrogens with zero attached hydrogens (tertiary/aromatic N) is 1. The summed E-state index contributed by atoms with van der Waals surface area (Å²) in [4.78, 5) is 16.0. The Morgan fingerprint density at radius 3 is 2.73 bits per heavy atom. The van der Waals surface area contributed by atoms with Gasteiger partial charge in [0.15, 0.2) is 0 Å². The van der Waals surface area contributed by atoms with E-state index >= 15 is 0 Å². The lowest BCUT2D eigenvalue weighted by atomic mass is 10.2. The molecule has 1 aromatic heterocycles. The molecule has 0 aliphatic heterocycles. The Labute approximate surface area is 131 Å². The zero-order chi connectivity index (χ0) is 16.2. The van der Waals surface area contributed by atoms with Crippen molar-refractivity contribution in [3.63, 3.8) is 0 Å². The minimum atomic E-state index is -0.488. The van der Waals surface area contributed by atoms with Gasteiger partial charge in [0.1, 0.15) is 5.60 Å². The van der Waals surface area contributed by atoms with E-state index in [0.717, 1.165) is 16.6 Å². The van der Waals surface area contributed by atoms with Crippen molar-refractivity contribution in [3.05, 3.63) is 36.5 Å². The number of carbonyl (C=O) groups excluding carboxylic acids is 1. The molecule has 1 unspecified atom stereocenters. The summed E-state index contributed by atoms with van der Waals surface area (Å²) in [6.07, 6.45) is 1.37. The van der Waals surface area contributed by atoms with Gasteiger partial charge in [0, 0.05) is 29.9 Å². The van der Waals surface area contributed by atoms with Gasteiger partial charge in [0.25, 0.3) is 0 Å². The van der Waals surface area contributed by atoms with Crippen molar-refractivity contribution in [3.8, 4) is 0 Å². The molecule has 1 aromatic carbocycles. The standard InChI is InChI=1S/C17H23N3O2/c1-12(20-16(21)22-17(2,3)4)11-19-15-9-10-18-14-8-6-5-7-13(14)15/h5-10,12H,11H2,1-4H3,(H,18,19)(H,20,21). The van der Waals surface area contributed by atoms with Gasteiger partial charge in [-0.05, 0) is 39.8 Å². The van der Waals surface area contributed by atoms with Gasteiger partial charge in [-0.1, -0.05) is 18.2 Å². The Balaban J connectivity index is 1.93. The quantitative estimate of drug-likeness (QED) is 0.906. The fraction of sp³-hybridized carbons (Fsp3) is 0.412. The molecule has 1 amide bonds. The Morgan fingerprint density at radius 1 is 1.27 bits per heavy atom. The highest BCUT2D eigenvalue weighted by atomic mass is 16.6. The molecule has 0 radical (unpaired) electrons. The van der Waals surface area contributed by atoms with E-state index in [9.17, 15) is 4.79 Å². The van der Waals surface area contributed by atoms with Crippen LogP contribution < -0.4 is 10.6 Å². The second-order valence-electron chi connectivity index (χ2n) is 6.30. The molecule has 118 valence electrons. The number of ether oxygens (including phenoxy) is 1. The predicted molar refractivity (Wildman–Crippen MR) is 89.1 cm³/mol. The SMILES string of the molecule is CC(CNc1ccnc2ccccc12)NC(=O)OC(C)(C)C. The van der Waals surface area contributed by atoms with Crippen LogP contribution in [0, 0.1) is 0 Å². The molecular formula is C17H23N3O2. The monoisotopic (exact) mass is 301 g/mol. The maximum absolute atomic E-state index is 11.7. The number of carbonyl (C=O) groups is 1. The van der Waals surface area contributed by atoms with Crippen molar-refractivity contribution in [1.82, 2.24) is 10.3 Å². The normalized spacial score (nSPS) is 12.7. The average Bonchev–Trinajstić information content (AvgIpc) is 2.43. The van der Waals surface area contributed by atoms with Crippen LogP contribution >= 0.6 is 0 Å². The lowest BCUT2D eigenvalue weighted by Crippen LogP contribution is -2.40. The van der Waals surface area contributed by atoms with Crippen molar-refractivity contribution in [2.45, 2.75) is 39.3 Å². The van der Waals surface area contributed by atoms with E-state index in [1.54, 1.807) is 6.20 Å². The Hall–Kier alpha value is -2.30. The molecule has 0 saturated carbocycles. The number of fused-ring (bicyclic) bond motifs is 1. The third-order valence-corrected chi connectivity index (χ3v) is 3.01. The number of anilines is 1. The summed E-state index contributed by atoms with van der Waals surface area (Å²) in [5.74, 6) is 0. The number of alkyl carbamates (subject to hydrolysis) is 1. The topological polar surface area (TPSA) is 63.2 Å². The first-order valence-electron chi connectivity index (χ1n) is 7.42. The number of hydrogen-bond acceptors (Lipinski definition) is 4. The third-order valence-electron chi connectivity index (χ3n) is 3.01. The molecule has 5 heteroatoms. The number of nitrogens with one attached hydrogen (secondary N) is 2. The number of amides is 1. The smallest absolute Gasteiger partial charge is 0.407 e. The van der Waals surface area contributed by atoms with Crippen LogP contribution in [0.3, 0.4) is 0 Å². The minimum absolute atomic E-state index is 0.0539. The Morgan fingerprint density at radius 2 is 2.00 bits per heavy atom. The van der Waals surface area contributed by atoms with Crippen LogP contribution in [0.25, 0.3) is 10.9 Å². The highest BCUT2D eigenvalue weighted by Crippen LogP contribution is 2.20. The molecular weight excluding hydrogens is 278 g/mol. The molecule has 0 fully saturated rings. The molecule has 0 aliphatic carbocycles. The molecule has 5 nitrogen and oxygen atoms in total. The van der Waals surface area contributed by atoms with Crippen molar-refractivity contribution in [2.75, 3.05) is 11.9 Å². The molecule has 0 bridgehead atoms. The van der Waals surface area contributed by atoms with Gasteiger partial charge < -0.3 is 15.4 Å². The number of aromatic nitrogens is 1. The molecule has 0 saturated heterocycles. The summed E-state index contributed by atoms with van der Waals surface area (Å²) >= 11 is 0. The van der Waals surface area contributed by atoms with Crippen LogP contribution in [-0.4, -0.2) is 29.3 Å². The van der Waals surface area contributed by atoms with Crippen LogP contribution in [0.15, 0.2) is 36.5 Å². The molecule has 1 heterocycles. The van der Waals surface area contributed by atoms with E-state index in [2.05, 4.69) is 15.6 Å². The van der Waals surface area contributed by atoms with E-state index in [1.807, 2.05) is 58.0 Å². The fourth-order valence-electron chi connectivity index (χ4n) is 2.07. The first-order valence-corrected chi connectivity index (χ1v) is 7.42. The summed E-state index contributed by atoms with van der Waals surface area (Å²) in [7, 11) is 0. The average molecular weight is 301 g/mol. The van der Waals surface area contributed by atoms with E-state index in [0.29, 0.717) is 6.54 Å². The Bertz CT molecular complexity index is 644. The van der Waals surface area contributed by atoms with E-state index in [1.165, 1.54) is 0 Å². The van der Waals surface area contributed by atoms with Crippen LogP contribution in [0.2, 0.25) is 0 Å². The number of benzene rings is 1. The van der Waals surface area contributed by atoms with Crippen LogP contribution in [-0.2, 0) is 4.74 Å². The van der Waals surface area contributed by atoms with Gasteiger partial charge >= 0.3 is 6.09 Å². The highest BCUT2D eigenvalue weighted by molar-refractivity contribution is 5.90. The van der Waals surface area contributed by atoms with Crippen LogP contribution in [0.1, 0.15) is 27.7 Å². The first-order chi connectivity index (χ1) is 10.3. The van der Waals surface area contributed by atoms with Crippen molar-refractivity contribution < 1.29 is 9.53 Å². The second kappa shape index (κ2) is 6.64. The molecule has 0 spiro atoms. The molecule has 2 aromatic rings. The summed E-state index contributed by atoms with van der Waals surface area (Å²) in [5.41, 5.74) is 1.46. The van der Waals surface area contributed by atoms with Crippen molar-refractivity contribution in [2.24, 2.45) is 0 Å². The zero-order valence-corrected chi connectivity index (χ0v) is 13.5. The van der Waals surface area contributed by atoms with Gasteiger partial charge in [-0.15, -0.1) is 0 Å². The molecule has 2 rings (SSSR count). The van der Waals surface area contributed by atoms with Crippen LogP contribution in [0.5, 0.6) is 0 Å². The summed E-state index contributed by atoms with van der Waals surface area (Å²) in [6, 6.07) is 9.83. The summed E-state index contributed by atoms with van der Waals surface area (Å²) < 4.78 is 5.24. The summed E-state index contributed by atoms with van der Waals surface area (Å²) in [5, 5.41) is 7.23. The number of pyridine rings is 1. The summed E-state index contributed by atoms with van der Waals surface area (Å²) in [6.45, 7) is 8.07. The largest absolute Gasteiger partial charge is 0.444 e. The van der Waals surface area contributed by atoms with Gasteiger partial charge in [0.05, 0.1) is 5.52 Å². The first kappa shape index (κ1) is 16.1. The molecule has 1 atom stereocenters. The lowest BCUT2D eigenvalue weighted by Gasteiger charge is -2.22. The Kier molecular flexibility index (Phi) is 4.85. The molecule has 2 N–H and O–H groups in total. The second-order valence-corrected chi connectivity index (χ2v) is 6.30. The minimum Gasteiger partial charge on any atom is -0.444 e. The van der Waals surface area contributed by atoms with Gasteiger partial charge in [-0.25, -0.2) is 4.79 Å². The van der Waals surface area contributed by atoms with Crippen LogP contribution in [0.4, 0.5) is 10.5 Å². The van der Waals surface area contributed by atoms with Gasteiger partial charge in [0.2, 0.25) is 0 Å². The van der Waals surface area contributed by atoms with Crippen molar-refractivity contribution >= 4 is 22.7 Å². The van der Waals surface area contributed by atoms with E-state index in [-0.39, 0.29) is 6.04 Å². The maximum atomic E-state index is 11.7. The van der Waals surface area contributed by atoms with Gasteiger partial charge in [-0.3, -0.25) is 4.98 Å².